The van der Waals surface area contributed by atoms with Crippen molar-refractivity contribution in [3.63, 3.8) is 0 Å². The van der Waals surface area contributed by atoms with Crippen molar-refractivity contribution in [2.24, 2.45) is 0 Å². The molecular formula is C22H29N5O3S2. The number of anilines is 2. The smallest absolute Gasteiger partial charge is 0.341 e. The Bertz CT molecular complexity index is 990. The molecule has 3 aliphatic rings. The van der Waals surface area contributed by atoms with Crippen molar-refractivity contribution in [1.29, 1.82) is 0 Å². The Kier molecular flexibility index (Phi) is 6.41. The maximum atomic E-state index is 12.8. The SMILES string of the molecule is CCOC(=O)c1c(C2CC2)csc1NC(=O)CSc1nnc(N2CCCCC2)n1C1CC1. The highest BCUT2D eigenvalue weighted by Crippen LogP contribution is 2.46. The molecule has 3 heterocycles. The van der Waals surface area contributed by atoms with Crippen LogP contribution in [0.4, 0.5) is 10.9 Å². The summed E-state index contributed by atoms with van der Waals surface area (Å²) in [7, 11) is 0. The maximum Gasteiger partial charge on any atom is 0.341 e. The van der Waals surface area contributed by atoms with Gasteiger partial charge in [0, 0.05) is 19.1 Å². The number of carbonyl (C=O) groups is 2. The van der Waals surface area contributed by atoms with Gasteiger partial charge in [-0.1, -0.05) is 11.8 Å². The molecule has 3 fully saturated rings. The van der Waals surface area contributed by atoms with Gasteiger partial charge in [-0.3, -0.25) is 9.36 Å². The second kappa shape index (κ2) is 9.43. The van der Waals surface area contributed by atoms with Crippen LogP contribution in [0.5, 0.6) is 0 Å². The van der Waals surface area contributed by atoms with Gasteiger partial charge in [-0.15, -0.1) is 21.5 Å². The maximum absolute atomic E-state index is 12.8. The van der Waals surface area contributed by atoms with Gasteiger partial charge in [0.05, 0.1) is 17.9 Å². The zero-order chi connectivity index (χ0) is 22.1. The third kappa shape index (κ3) is 4.66. The lowest BCUT2D eigenvalue weighted by molar-refractivity contribution is -0.113. The van der Waals surface area contributed by atoms with Crippen LogP contribution in [-0.4, -0.2) is 52.1 Å². The van der Waals surface area contributed by atoms with Crippen molar-refractivity contribution in [2.45, 2.75) is 69.0 Å². The summed E-state index contributed by atoms with van der Waals surface area (Å²) in [5, 5.41) is 15.2. The summed E-state index contributed by atoms with van der Waals surface area (Å²) >= 11 is 2.82. The Balaban J connectivity index is 1.26. The van der Waals surface area contributed by atoms with Crippen LogP contribution >= 0.6 is 23.1 Å². The lowest BCUT2D eigenvalue weighted by Gasteiger charge is -2.27. The minimum Gasteiger partial charge on any atom is -0.462 e. The summed E-state index contributed by atoms with van der Waals surface area (Å²) in [4.78, 5) is 27.6. The molecule has 172 valence electrons. The van der Waals surface area contributed by atoms with Gasteiger partial charge in [-0.2, -0.15) is 0 Å². The van der Waals surface area contributed by atoms with Crippen molar-refractivity contribution in [1.82, 2.24) is 14.8 Å². The number of ether oxygens (including phenoxy) is 1. The van der Waals surface area contributed by atoms with E-state index in [0.29, 0.717) is 29.1 Å². The van der Waals surface area contributed by atoms with Gasteiger partial charge in [0.1, 0.15) is 5.00 Å². The van der Waals surface area contributed by atoms with Crippen molar-refractivity contribution < 1.29 is 14.3 Å². The zero-order valence-electron chi connectivity index (χ0n) is 18.3. The van der Waals surface area contributed by atoms with Gasteiger partial charge < -0.3 is 15.0 Å². The van der Waals surface area contributed by atoms with E-state index in [1.165, 1.54) is 42.4 Å². The van der Waals surface area contributed by atoms with Gasteiger partial charge in [0.25, 0.3) is 0 Å². The van der Waals surface area contributed by atoms with Crippen molar-refractivity contribution in [2.75, 3.05) is 35.7 Å². The summed E-state index contributed by atoms with van der Waals surface area (Å²) in [5.74, 6) is 1.10. The molecule has 2 aromatic heterocycles. The Hall–Kier alpha value is -2.07. The lowest BCUT2D eigenvalue weighted by atomic mass is 10.1. The molecule has 1 N–H and O–H groups in total. The number of amides is 1. The van der Waals surface area contributed by atoms with E-state index in [-0.39, 0.29) is 17.6 Å². The normalized spacial score (nSPS) is 18.6. The van der Waals surface area contributed by atoms with Crippen molar-refractivity contribution in [3.8, 4) is 0 Å². The van der Waals surface area contributed by atoms with Gasteiger partial charge >= 0.3 is 5.97 Å². The fraction of sp³-hybridized carbons (Fsp3) is 0.636. The number of hydrogen-bond donors (Lipinski definition) is 1. The Morgan fingerprint density at radius 3 is 2.66 bits per heavy atom. The van der Waals surface area contributed by atoms with Gasteiger partial charge in [0.15, 0.2) is 5.16 Å². The van der Waals surface area contributed by atoms with E-state index in [1.807, 2.05) is 5.38 Å². The molecule has 0 atom stereocenters. The van der Waals surface area contributed by atoms with E-state index in [1.54, 1.807) is 6.92 Å². The number of nitrogens with one attached hydrogen (secondary N) is 1. The predicted molar refractivity (Wildman–Crippen MR) is 126 cm³/mol. The highest BCUT2D eigenvalue weighted by Gasteiger charge is 2.34. The minimum absolute atomic E-state index is 0.144. The molecule has 0 radical (unpaired) electrons. The van der Waals surface area contributed by atoms with E-state index in [2.05, 4.69) is 25.0 Å². The summed E-state index contributed by atoms with van der Waals surface area (Å²) in [6, 6.07) is 0.446. The summed E-state index contributed by atoms with van der Waals surface area (Å²) in [5.41, 5.74) is 1.54. The van der Waals surface area contributed by atoms with Crippen LogP contribution in [0.25, 0.3) is 0 Å². The number of piperidine rings is 1. The topological polar surface area (TPSA) is 89.3 Å². The first-order valence-electron chi connectivity index (χ1n) is 11.6. The van der Waals surface area contributed by atoms with Crippen LogP contribution in [0, 0.1) is 0 Å². The summed E-state index contributed by atoms with van der Waals surface area (Å²) in [6.45, 7) is 4.16. The number of thioether (sulfide) groups is 1. The molecule has 8 nitrogen and oxygen atoms in total. The molecule has 1 saturated heterocycles. The standard InChI is InChI=1S/C22H29N5O3S2/c1-2-30-20(29)18-16(14-6-7-14)12-31-19(18)23-17(28)13-32-22-25-24-21(27(22)15-8-9-15)26-10-4-3-5-11-26/h12,14-15H,2-11,13H2,1H3,(H,23,28). The second-order valence-electron chi connectivity index (χ2n) is 8.66. The minimum atomic E-state index is -0.349. The summed E-state index contributed by atoms with van der Waals surface area (Å²) in [6.07, 6.45) is 8.10. The van der Waals surface area contributed by atoms with Gasteiger partial charge in [-0.05, 0) is 68.7 Å². The fourth-order valence-electron chi connectivity index (χ4n) is 4.19. The molecule has 0 aromatic carbocycles. The molecule has 0 spiro atoms. The molecule has 10 heteroatoms. The Labute approximate surface area is 196 Å². The number of nitrogens with zero attached hydrogens (tertiary/aromatic N) is 4. The highest BCUT2D eigenvalue weighted by atomic mass is 32.2. The number of thiophene rings is 1. The first-order chi connectivity index (χ1) is 15.7. The molecule has 5 rings (SSSR count). The Morgan fingerprint density at radius 2 is 1.97 bits per heavy atom. The highest BCUT2D eigenvalue weighted by molar-refractivity contribution is 7.99. The first-order valence-corrected chi connectivity index (χ1v) is 13.4. The van der Waals surface area contributed by atoms with E-state index in [9.17, 15) is 9.59 Å². The van der Waals surface area contributed by atoms with Crippen molar-refractivity contribution >= 4 is 45.9 Å². The quantitative estimate of drug-likeness (QED) is 0.423. The van der Waals surface area contributed by atoms with E-state index in [4.69, 9.17) is 4.74 Å². The average Bonchev–Trinajstić information content (AvgIpc) is 3.74. The molecule has 0 unspecified atom stereocenters. The van der Waals surface area contributed by atoms with Crippen LogP contribution in [-0.2, 0) is 9.53 Å². The third-order valence-corrected chi connectivity index (χ3v) is 7.96. The third-order valence-electron chi connectivity index (χ3n) is 6.10. The molecule has 1 amide bonds. The summed E-state index contributed by atoms with van der Waals surface area (Å²) < 4.78 is 7.48. The molecule has 0 bridgehead atoms. The van der Waals surface area contributed by atoms with E-state index >= 15 is 0 Å². The molecular weight excluding hydrogens is 446 g/mol. The number of aromatic nitrogens is 3. The van der Waals surface area contributed by atoms with E-state index in [0.717, 1.165) is 55.4 Å². The van der Waals surface area contributed by atoms with E-state index < -0.39 is 0 Å². The van der Waals surface area contributed by atoms with Gasteiger partial charge in [0.2, 0.25) is 11.9 Å². The largest absolute Gasteiger partial charge is 0.462 e. The van der Waals surface area contributed by atoms with Crippen LogP contribution in [0.15, 0.2) is 10.5 Å². The predicted octanol–water partition coefficient (Wildman–Crippen LogP) is 4.45. The molecule has 32 heavy (non-hydrogen) atoms. The first kappa shape index (κ1) is 21.8. The average molecular weight is 476 g/mol. The number of hydrogen-bond acceptors (Lipinski definition) is 8. The number of carbonyl (C=O) groups excluding carboxylic acids is 2. The Morgan fingerprint density at radius 1 is 1.19 bits per heavy atom. The van der Waals surface area contributed by atoms with Gasteiger partial charge in [-0.25, -0.2) is 4.79 Å². The number of rotatable bonds is 9. The monoisotopic (exact) mass is 475 g/mol. The number of esters is 1. The molecule has 2 aromatic rings. The zero-order valence-corrected chi connectivity index (χ0v) is 20.0. The van der Waals surface area contributed by atoms with Crippen LogP contribution in [0.3, 0.4) is 0 Å². The fourth-order valence-corrected chi connectivity index (χ4v) is 6.04. The van der Waals surface area contributed by atoms with Crippen molar-refractivity contribution in [3.05, 3.63) is 16.5 Å². The second-order valence-corrected chi connectivity index (χ2v) is 10.5. The van der Waals surface area contributed by atoms with Crippen LogP contribution in [0.2, 0.25) is 0 Å². The molecule has 2 saturated carbocycles. The molecule has 1 aliphatic heterocycles. The van der Waals surface area contributed by atoms with Crippen LogP contribution in [0.1, 0.15) is 79.8 Å². The molecule has 2 aliphatic carbocycles. The van der Waals surface area contributed by atoms with Crippen LogP contribution < -0.4 is 10.2 Å². The lowest BCUT2D eigenvalue weighted by Crippen LogP contribution is -2.32.